The molecule has 1 aromatic carbocycles. The number of carbonyl (C=O) groups is 1. The zero-order chi connectivity index (χ0) is 9.68. The molecule has 0 radical (unpaired) electrons. The molecule has 0 bridgehead atoms. The third-order valence-corrected chi connectivity index (χ3v) is 1.90. The van der Waals surface area contributed by atoms with Crippen LogP contribution in [0.25, 0.3) is 6.08 Å². The maximum Gasteiger partial charge on any atom is 2.00 e. The summed E-state index contributed by atoms with van der Waals surface area (Å²) in [4.78, 5) is 8.69. The van der Waals surface area contributed by atoms with E-state index in [4.69, 9.17) is 4.79 Å². The standard InChI is InChI=1S/C10H9.C2H3O.Zr/c1-8-6-7-9-4-2-3-5-10(8)9;1-2-3;/h2-8H,1H2;2H,1H2;/q2*-1;+2. The summed E-state index contributed by atoms with van der Waals surface area (Å²) in [5.74, 6) is 0.371. The molecule has 0 saturated carbocycles. The third-order valence-electron chi connectivity index (χ3n) is 1.90. The molecule has 0 heterocycles. The molecule has 1 atom stereocenters. The fourth-order valence-corrected chi connectivity index (χ4v) is 1.32. The number of benzene rings is 1. The number of allylic oxidation sites excluding steroid dienone is 1. The van der Waals surface area contributed by atoms with Crippen molar-refractivity contribution in [2.24, 2.45) is 0 Å². The normalized spacial score (nSPS) is 15.9. The maximum absolute atomic E-state index is 8.69. The summed E-state index contributed by atoms with van der Waals surface area (Å²) in [6.45, 7) is 6.80. The van der Waals surface area contributed by atoms with E-state index in [0.717, 1.165) is 0 Å². The van der Waals surface area contributed by atoms with Crippen LogP contribution in [-0.2, 0) is 31.0 Å². The van der Waals surface area contributed by atoms with Gasteiger partial charge >= 0.3 is 26.2 Å². The molecule has 1 unspecified atom stereocenters. The second-order valence-corrected chi connectivity index (χ2v) is 2.76. The van der Waals surface area contributed by atoms with Crippen molar-refractivity contribution in [3.8, 4) is 0 Å². The van der Waals surface area contributed by atoms with Crippen molar-refractivity contribution in [3.63, 3.8) is 0 Å². The summed E-state index contributed by atoms with van der Waals surface area (Å²) in [5.41, 5.74) is 2.67. The van der Waals surface area contributed by atoms with Crippen molar-refractivity contribution < 1.29 is 31.0 Å². The van der Waals surface area contributed by atoms with Gasteiger partial charge in [0.05, 0.1) is 0 Å². The number of hydrogen-bond donors (Lipinski definition) is 0. The Kier molecular flexibility index (Phi) is 6.48. The minimum atomic E-state index is 0. The Bertz CT molecular complexity index is 318. The van der Waals surface area contributed by atoms with E-state index in [2.05, 4.69) is 50.3 Å². The van der Waals surface area contributed by atoms with Gasteiger partial charge in [0.25, 0.3) is 0 Å². The number of rotatable bonds is 0. The Morgan fingerprint density at radius 2 is 1.86 bits per heavy atom. The van der Waals surface area contributed by atoms with Crippen LogP contribution in [-0.4, -0.2) is 6.29 Å². The molecule has 0 aliphatic heterocycles. The molecule has 2 rings (SSSR count). The van der Waals surface area contributed by atoms with Gasteiger partial charge in [0.2, 0.25) is 0 Å². The fourth-order valence-electron chi connectivity index (χ4n) is 1.32. The van der Waals surface area contributed by atoms with Gasteiger partial charge in [-0.25, -0.2) is 0 Å². The molecular formula is C12H12OZr. The van der Waals surface area contributed by atoms with Crippen LogP contribution in [0.15, 0.2) is 30.3 Å². The van der Waals surface area contributed by atoms with E-state index in [0.29, 0.717) is 12.2 Å². The van der Waals surface area contributed by atoms with Crippen LogP contribution in [0.4, 0.5) is 0 Å². The molecule has 1 nitrogen and oxygen atoms in total. The maximum atomic E-state index is 8.69. The predicted octanol–water partition coefficient (Wildman–Crippen LogP) is 2.65. The average molecular weight is 263 g/mol. The Morgan fingerprint density at radius 3 is 2.43 bits per heavy atom. The molecule has 2 heteroatoms. The van der Waals surface area contributed by atoms with E-state index in [9.17, 15) is 0 Å². The molecule has 0 fully saturated rings. The van der Waals surface area contributed by atoms with Crippen molar-refractivity contribution in [1.82, 2.24) is 0 Å². The SMILES string of the molecule is [CH2-]C1C=Cc2ccccc21.[CH2-]C=O.[Zr+2]. The van der Waals surface area contributed by atoms with Gasteiger partial charge in [0.1, 0.15) is 0 Å². The van der Waals surface area contributed by atoms with Crippen LogP contribution < -0.4 is 0 Å². The van der Waals surface area contributed by atoms with Crippen molar-refractivity contribution in [1.29, 1.82) is 0 Å². The molecule has 14 heavy (non-hydrogen) atoms. The van der Waals surface area contributed by atoms with E-state index >= 15 is 0 Å². The molecule has 0 spiro atoms. The van der Waals surface area contributed by atoms with Gasteiger partial charge in [-0.05, 0) is 11.8 Å². The van der Waals surface area contributed by atoms with Crippen molar-refractivity contribution in [2.75, 3.05) is 0 Å². The first kappa shape index (κ1) is 13.4. The van der Waals surface area contributed by atoms with Gasteiger partial charge in [-0.15, -0.1) is 12.0 Å². The third kappa shape index (κ3) is 3.27. The van der Waals surface area contributed by atoms with Gasteiger partial charge in [-0.3, -0.25) is 0 Å². The van der Waals surface area contributed by atoms with Crippen LogP contribution >= 0.6 is 0 Å². The Morgan fingerprint density at radius 1 is 1.29 bits per heavy atom. The second kappa shape index (κ2) is 6.78. The topological polar surface area (TPSA) is 17.1 Å². The molecule has 0 saturated heterocycles. The quantitative estimate of drug-likeness (QED) is 0.519. The first-order chi connectivity index (χ1) is 6.29. The number of aldehydes is 1. The molecule has 1 aliphatic carbocycles. The van der Waals surface area contributed by atoms with E-state index in [1.165, 1.54) is 11.1 Å². The smallest absolute Gasteiger partial charge is 0.343 e. The predicted molar refractivity (Wildman–Crippen MR) is 55.0 cm³/mol. The summed E-state index contributed by atoms with van der Waals surface area (Å²) in [6, 6.07) is 8.37. The fraction of sp³-hybridized carbons (Fsp3) is 0.0833. The Labute approximate surface area is 104 Å². The van der Waals surface area contributed by atoms with Gasteiger partial charge < -0.3 is 18.6 Å². The number of hydrogen-bond acceptors (Lipinski definition) is 1. The van der Waals surface area contributed by atoms with Crippen LogP contribution in [0.3, 0.4) is 0 Å². The molecular weight excluding hydrogens is 251 g/mol. The molecule has 0 N–H and O–H groups in total. The van der Waals surface area contributed by atoms with Crippen LogP contribution in [0, 0.1) is 13.8 Å². The summed E-state index contributed by atoms with van der Waals surface area (Å²) < 4.78 is 0. The van der Waals surface area contributed by atoms with Crippen molar-refractivity contribution in [3.05, 3.63) is 55.3 Å². The van der Waals surface area contributed by atoms with Crippen molar-refractivity contribution in [2.45, 2.75) is 5.92 Å². The van der Waals surface area contributed by atoms with Gasteiger partial charge in [0.15, 0.2) is 0 Å². The number of carbonyl (C=O) groups excluding carboxylic acids is 1. The number of fused-ring (bicyclic) bond motifs is 1. The second-order valence-electron chi connectivity index (χ2n) is 2.76. The van der Waals surface area contributed by atoms with Crippen LogP contribution in [0.5, 0.6) is 0 Å². The monoisotopic (exact) mass is 262 g/mol. The van der Waals surface area contributed by atoms with Gasteiger partial charge in [-0.1, -0.05) is 35.9 Å². The summed E-state index contributed by atoms with van der Waals surface area (Å²) in [7, 11) is 0. The van der Waals surface area contributed by atoms with Crippen LogP contribution in [0.2, 0.25) is 0 Å². The average Bonchev–Trinajstić information content (AvgIpc) is 2.50. The van der Waals surface area contributed by atoms with E-state index < -0.39 is 0 Å². The van der Waals surface area contributed by atoms with E-state index in [-0.39, 0.29) is 26.2 Å². The zero-order valence-corrected chi connectivity index (χ0v) is 10.4. The van der Waals surface area contributed by atoms with E-state index in [1.54, 1.807) is 0 Å². The first-order valence-corrected chi connectivity index (χ1v) is 4.12. The Hall–Kier alpha value is -0.617. The first-order valence-electron chi connectivity index (χ1n) is 4.12. The van der Waals surface area contributed by atoms with Gasteiger partial charge in [-0.2, -0.15) is 0 Å². The Balaban J connectivity index is 0.000000381. The summed E-state index contributed by atoms with van der Waals surface area (Å²) in [6.07, 6.45) is 4.76. The molecule has 70 valence electrons. The minimum absolute atomic E-state index is 0. The molecule has 0 amide bonds. The van der Waals surface area contributed by atoms with Gasteiger partial charge in [0, 0.05) is 0 Å². The van der Waals surface area contributed by atoms with E-state index in [1.807, 2.05) is 0 Å². The van der Waals surface area contributed by atoms with Crippen LogP contribution in [0.1, 0.15) is 17.0 Å². The summed E-state index contributed by atoms with van der Waals surface area (Å²) in [5, 5.41) is 0. The minimum Gasteiger partial charge on any atom is -0.343 e. The molecule has 0 aromatic heterocycles. The zero-order valence-electron chi connectivity index (χ0n) is 7.94. The summed E-state index contributed by atoms with van der Waals surface area (Å²) >= 11 is 0. The van der Waals surface area contributed by atoms with Crippen molar-refractivity contribution >= 4 is 12.4 Å². The molecule has 1 aromatic rings. The largest absolute Gasteiger partial charge is 2.00 e. The molecule has 1 aliphatic rings.